The SMILES string of the molecule is CCNC(C)C1CCOC1. The molecule has 1 fully saturated rings. The van der Waals surface area contributed by atoms with Gasteiger partial charge >= 0.3 is 0 Å². The highest BCUT2D eigenvalue weighted by atomic mass is 16.5. The molecule has 1 aliphatic rings. The maximum absolute atomic E-state index is 5.28. The minimum absolute atomic E-state index is 0.632. The Hall–Kier alpha value is -0.0800. The van der Waals surface area contributed by atoms with Crippen LogP contribution < -0.4 is 5.32 Å². The lowest BCUT2D eigenvalue weighted by Gasteiger charge is -2.17. The molecule has 0 radical (unpaired) electrons. The van der Waals surface area contributed by atoms with Crippen molar-refractivity contribution in [2.75, 3.05) is 19.8 Å². The Bertz CT molecular complexity index is 89.3. The molecule has 60 valence electrons. The van der Waals surface area contributed by atoms with E-state index in [1.807, 2.05) is 0 Å². The van der Waals surface area contributed by atoms with E-state index < -0.39 is 0 Å². The van der Waals surface area contributed by atoms with Gasteiger partial charge in [0.15, 0.2) is 0 Å². The molecule has 1 heterocycles. The normalized spacial score (nSPS) is 28.8. The Morgan fingerprint density at radius 1 is 1.70 bits per heavy atom. The summed E-state index contributed by atoms with van der Waals surface area (Å²) in [5.74, 6) is 0.750. The molecule has 2 unspecified atom stereocenters. The van der Waals surface area contributed by atoms with Crippen LogP contribution in [0.1, 0.15) is 20.3 Å². The van der Waals surface area contributed by atoms with Crippen LogP contribution in [-0.2, 0) is 4.74 Å². The number of hydrogen-bond acceptors (Lipinski definition) is 2. The van der Waals surface area contributed by atoms with Gasteiger partial charge in [-0.15, -0.1) is 0 Å². The van der Waals surface area contributed by atoms with Gasteiger partial charge in [-0.1, -0.05) is 6.92 Å². The molecule has 0 aromatic rings. The van der Waals surface area contributed by atoms with Crippen molar-refractivity contribution in [3.8, 4) is 0 Å². The monoisotopic (exact) mass is 143 g/mol. The predicted molar refractivity (Wildman–Crippen MR) is 42.1 cm³/mol. The number of nitrogens with one attached hydrogen (secondary N) is 1. The van der Waals surface area contributed by atoms with Crippen molar-refractivity contribution >= 4 is 0 Å². The van der Waals surface area contributed by atoms with E-state index >= 15 is 0 Å². The second-order valence-corrected chi connectivity index (χ2v) is 2.97. The Morgan fingerprint density at radius 3 is 3.00 bits per heavy atom. The fraction of sp³-hybridized carbons (Fsp3) is 1.00. The molecular weight excluding hydrogens is 126 g/mol. The van der Waals surface area contributed by atoms with Gasteiger partial charge in [-0.3, -0.25) is 0 Å². The van der Waals surface area contributed by atoms with Gasteiger partial charge in [0.2, 0.25) is 0 Å². The third kappa shape index (κ3) is 1.96. The molecule has 1 rings (SSSR count). The highest BCUT2D eigenvalue weighted by Crippen LogP contribution is 2.15. The Labute approximate surface area is 63.0 Å². The minimum Gasteiger partial charge on any atom is -0.381 e. The number of rotatable bonds is 3. The third-order valence-corrected chi connectivity index (χ3v) is 2.20. The molecule has 0 saturated carbocycles. The zero-order chi connectivity index (χ0) is 7.40. The Morgan fingerprint density at radius 2 is 2.50 bits per heavy atom. The quantitative estimate of drug-likeness (QED) is 0.637. The van der Waals surface area contributed by atoms with E-state index in [0.29, 0.717) is 6.04 Å². The van der Waals surface area contributed by atoms with Crippen molar-refractivity contribution in [3.05, 3.63) is 0 Å². The first-order valence-electron chi connectivity index (χ1n) is 4.15. The summed E-state index contributed by atoms with van der Waals surface area (Å²) in [5.41, 5.74) is 0. The zero-order valence-corrected chi connectivity index (χ0v) is 6.89. The van der Waals surface area contributed by atoms with Gasteiger partial charge in [0.05, 0.1) is 6.61 Å². The molecule has 0 bridgehead atoms. The van der Waals surface area contributed by atoms with Crippen LogP contribution in [0.4, 0.5) is 0 Å². The summed E-state index contributed by atoms with van der Waals surface area (Å²) in [7, 11) is 0. The molecule has 0 spiro atoms. The molecule has 10 heavy (non-hydrogen) atoms. The van der Waals surface area contributed by atoms with Crippen molar-refractivity contribution in [1.29, 1.82) is 0 Å². The maximum atomic E-state index is 5.28. The predicted octanol–water partition coefficient (Wildman–Crippen LogP) is 1.02. The molecule has 0 aromatic heterocycles. The third-order valence-electron chi connectivity index (χ3n) is 2.20. The van der Waals surface area contributed by atoms with Crippen LogP contribution in [0.5, 0.6) is 0 Å². The summed E-state index contributed by atoms with van der Waals surface area (Å²) in [4.78, 5) is 0. The molecule has 1 aliphatic heterocycles. The molecule has 2 atom stereocenters. The zero-order valence-electron chi connectivity index (χ0n) is 6.89. The van der Waals surface area contributed by atoms with Crippen LogP contribution in [0.25, 0.3) is 0 Å². The van der Waals surface area contributed by atoms with Gasteiger partial charge in [0.1, 0.15) is 0 Å². The van der Waals surface area contributed by atoms with Gasteiger partial charge in [0, 0.05) is 12.6 Å². The lowest BCUT2D eigenvalue weighted by Crippen LogP contribution is -2.33. The van der Waals surface area contributed by atoms with Crippen molar-refractivity contribution in [3.63, 3.8) is 0 Å². The summed E-state index contributed by atoms with van der Waals surface area (Å²) < 4.78 is 5.28. The van der Waals surface area contributed by atoms with Gasteiger partial charge in [-0.2, -0.15) is 0 Å². The molecule has 1 N–H and O–H groups in total. The summed E-state index contributed by atoms with van der Waals surface area (Å²) in [6, 6.07) is 0.632. The van der Waals surface area contributed by atoms with Crippen molar-refractivity contribution in [2.24, 2.45) is 5.92 Å². The number of hydrogen-bond donors (Lipinski definition) is 1. The average molecular weight is 143 g/mol. The standard InChI is InChI=1S/C8H17NO/c1-3-9-7(2)8-4-5-10-6-8/h7-9H,3-6H2,1-2H3. The molecule has 2 nitrogen and oxygen atoms in total. The molecule has 0 amide bonds. The molecule has 0 aromatic carbocycles. The summed E-state index contributed by atoms with van der Waals surface area (Å²) in [6.07, 6.45) is 1.23. The lowest BCUT2D eigenvalue weighted by atomic mass is 10.0. The van der Waals surface area contributed by atoms with Gasteiger partial charge in [-0.05, 0) is 25.8 Å². The van der Waals surface area contributed by atoms with Crippen LogP contribution in [0.15, 0.2) is 0 Å². The number of ether oxygens (including phenoxy) is 1. The second kappa shape index (κ2) is 3.94. The Kier molecular flexibility index (Phi) is 3.16. The Balaban J connectivity index is 2.18. The fourth-order valence-corrected chi connectivity index (χ4v) is 1.44. The lowest BCUT2D eigenvalue weighted by molar-refractivity contribution is 0.178. The first kappa shape index (κ1) is 8.02. The smallest absolute Gasteiger partial charge is 0.0509 e. The van der Waals surface area contributed by atoms with E-state index in [1.165, 1.54) is 6.42 Å². The van der Waals surface area contributed by atoms with E-state index in [9.17, 15) is 0 Å². The van der Waals surface area contributed by atoms with E-state index in [0.717, 1.165) is 25.7 Å². The molecular formula is C8H17NO. The van der Waals surface area contributed by atoms with Crippen LogP contribution in [0.3, 0.4) is 0 Å². The summed E-state index contributed by atoms with van der Waals surface area (Å²) in [6.45, 7) is 7.36. The van der Waals surface area contributed by atoms with E-state index in [4.69, 9.17) is 4.74 Å². The first-order chi connectivity index (χ1) is 4.84. The minimum atomic E-state index is 0.632. The molecule has 1 saturated heterocycles. The van der Waals surface area contributed by atoms with Crippen LogP contribution in [-0.4, -0.2) is 25.8 Å². The largest absolute Gasteiger partial charge is 0.381 e. The second-order valence-electron chi connectivity index (χ2n) is 2.97. The van der Waals surface area contributed by atoms with Gasteiger partial charge in [-0.25, -0.2) is 0 Å². The van der Waals surface area contributed by atoms with Crippen LogP contribution >= 0.6 is 0 Å². The highest BCUT2D eigenvalue weighted by molar-refractivity contribution is 4.74. The van der Waals surface area contributed by atoms with Crippen LogP contribution in [0, 0.1) is 5.92 Å². The van der Waals surface area contributed by atoms with Crippen molar-refractivity contribution in [1.82, 2.24) is 5.32 Å². The molecule has 0 aliphatic carbocycles. The summed E-state index contributed by atoms with van der Waals surface area (Å²) in [5, 5.41) is 3.41. The average Bonchev–Trinajstić information content (AvgIpc) is 2.38. The highest BCUT2D eigenvalue weighted by Gasteiger charge is 2.20. The van der Waals surface area contributed by atoms with E-state index in [-0.39, 0.29) is 0 Å². The van der Waals surface area contributed by atoms with E-state index in [2.05, 4.69) is 19.2 Å². The molecule has 2 heteroatoms. The van der Waals surface area contributed by atoms with Crippen molar-refractivity contribution < 1.29 is 4.74 Å². The van der Waals surface area contributed by atoms with Crippen molar-refractivity contribution in [2.45, 2.75) is 26.3 Å². The van der Waals surface area contributed by atoms with Gasteiger partial charge in [0.25, 0.3) is 0 Å². The maximum Gasteiger partial charge on any atom is 0.0509 e. The van der Waals surface area contributed by atoms with Crippen LogP contribution in [0.2, 0.25) is 0 Å². The van der Waals surface area contributed by atoms with E-state index in [1.54, 1.807) is 0 Å². The topological polar surface area (TPSA) is 21.3 Å². The van der Waals surface area contributed by atoms with Gasteiger partial charge < -0.3 is 10.1 Å². The summed E-state index contributed by atoms with van der Waals surface area (Å²) >= 11 is 0. The first-order valence-corrected chi connectivity index (χ1v) is 4.15. The fourth-order valence-electron chi connectivity index (χ4n) is 1.44.